The third-order valence-electron chi connectivity index (χ3n) is 4.22. The number of aromatic nitrogens is 1. The van der Waals surface area contributed by atoms with E-state index in [0.29, 0.717) is 30.5 Å². The summed E-state index contributed by atoms with van der Waals surface area (Å²) in [7, 11) is 3.23. The molecule has 0 aliphatic heterocycles. The highest BCUT2D eigenvalue weighted by atomic mass is 32.1. The van der Waals surface area contributed by atoms with Crippen molar-refractivity contribution in [3.05, 3.63) is 64.7 Å². The molecular formula is C21H24N4O2S. The number of rotatable bonds is 7. The fourth-order valence-corrected chi connectivity index (χ4v) is 3.69. The van der Waals surface area contributed by atoms with E-state index in [1.807, 2.05) is 43.3 Å². The Hall–Kier alpha value is -3.06. The number of nitrogens with zero attached hydrogens (tertiary/aromatic N) is 2. The van der Waals surface area contributed by atoms with Crippen LogP contribution in [-0.4, -0.2) is 25.2 Å². The molecule has 0 atom stereocenters. The van der Waals surface area contributed by atoms with Gasteiger partial charge in [0.1, 0.15) is 5.01 Å². The lowest BCUT2D eigenvalue weighted by Gasteiger charge is -2.09. The van der Waals surface area contributed by atoms with Crippen LogP contribution in [0.4, 0.5) is 0 Å². The van der Waals surface area contributed by atoms with Crippen molar-refractivity contribution in [2.75, 3.05) is 14.2 Å². The highest BCUT2D eigenvalue weighted by molar-refractivity contribution is 7.15. The molecule has 146 valence electrons. The summed E-state index contributed by atoms with van der Waals surface area (Å²) in [6, 6.07) is 15.9. The highest BCUT2D eigenvalue weighted by Crippen LogP contribution is 2.28. The van der Waals surface area contributed by atoms with Gasteiger partial charge in [-0.1, -0.05) is 36.4 Å². The number of methoxy groups -OCH3 is 2. The monoisotopic (exact) mass is 396 g/mol. The number of thiazole rings is 1. The van der Waals surface area contributed by atoms with Gasteiger partial charge in [0.25, 0.3) is 0 Å². The Bertz CT molecular complexity index is 954. The van der Waals surface area contributed by atoms with Crippen LogP contribution >= 0.6 is 11.3 Å². The van der Waals surface area contributed by atoms with Gasteiger partial charge in [0, 0.05) is 10.4 Å². The van der Waals surface area contributed by atoms with Gasteiger partial charge >= 0.3 is 0 Å². The van der Waals surface area contributed by atoms with Crippen LogP contribution in [0, 0.1) is 6.92 Å². The first-order valence-electron chi connectivity index (χ1n) is 8.87. The molecule has 0 aliphatic carbocycles. The number of aryl methyl sites for hydroxylation is 1. The van der Waals surface area contributed by atoms with Gasteiger partial charge in [0.05, 0.1) is 33.0 Å². The lowest BCUT2D eigenvalue weighted by atomic mass is 10.2. The minimum Gasteiger partial charge on any atom is -0.493 e. The molecule has 3 rings (SSSR count). The quantitative estimate of drug-likeness (QED) is 0.470. The van der Waals surface area contributed by atoms with E-state index in [1.54, 1.807) is 25.6 Å². The van der Waals surface area contributed by atoms with Gasteiger partial charge in [0.2, 0.25) is 0 Å². The van der Waals surface area contributed by atoms with E-state index >= 15 is 0 Å². The highest BCUT2D eigenvalue weighted by Gasteiger charge is 2.09. The number of ether oxygens (including phenoxy) is 2. The van der Waals surface area contributed by atoms with Crippen LogP contribution in [0.5, 0.6) is 11.5 Å². The number of nitrogens with one attached hydrogen (secondary N) is 1. The Morgan fingerprint density at radius 2 is 1.86 bits per heavy atom. The molecule has 3 aromatic rings. The molecule has 0 saturated carbocycles. The van der Waals surface area contributed by atoms with Gasteiger partial charge in [-0.05, 0) is 24.6 Å². The van der Waals surface area contributed by atoms with Gasteiger partial charge in [-0.15, -0.1) is 11.3 Å². The summed E-state index contributed by atoms with van der Waals surface area (Å²) < 4.78 is 10.6. The van der Waals surface area contributed by atoms with Gasteiger partial charge in [-0.3, -0.25) is 0 Å². The predicted octanol–water partition coefficient (Wildman–Crippen LogP) is 3.74. The first-order valence-corrected chi connectivity index (χ1v) is 9.68. The molecule has 0 spiro atoms. The van der Waals surface area contributed by atoms with Crippen molar-refractivity contribution in [2.24, 2.45) is 10.7 Å². The topological polar surface area (TPSA) is 81.8 Å². The Balaban J connectivity index is 1.61. The average Bonchev–Trinajstić information content (AvgIpc) is 3.11. The molecule has 0 unspecified atom stereocenters. The Morgan fingerprint density at radius 1 is 1.11 bits per heavy atom. The van der Waals surface area contributed by atoms with Crippen LogP contribution < -0.4 is 20.5 Å². The van der Waals surface area contributed by atoms with Crippen LogP contribution in [0.15, 0.2) is 53.5 Å². The summed E-state index contributed by atoms with van der Waals surface area (Å²) in [5.74, 6) is 1.76. The molecule has 6 nitrogen and oxygen atoms in total. The van der Waals surface area contributed by atoms with E-state index in [9.17, 15) is 0 Å². The Kier molecular flexibility index (Phi) is 6.49. The molecular weight excluding hydrogens is 372 g/mol. The van der Waals surface area contributed by atoms with Crippen molar-refractivity contribution >= 4 is 17.3 Å². The van der Waals surface area contributed by atoms with Crippen molar-refractivity contribution in [2.45, 2.75) is 20.0 Å². The first-order chi connectivity index (χ1) is 13.6. The Labute approximate surface area is 169 Å². The second-order valence-corrected chi connectivity index (χ2v) is 7.22. The molecule has 3 N–H and O–H groups in total. The lowest BCUT2D eigenvalue weighted by molar-refractivity contribution is 0.354. The maximum atomic E-state index is 6.03. The van der Waals surface area contributed by atoms with Gasteiger partial charge in [0.15, 0.2) is 17.5 Å². The molecule has 0 amide bonds. The third kappa shape index (κ3) is 4.80. The van der Waals surface area contributed by atoms with Gasteiger partial charge < -0.3 is 20.5 Å². The lowest BCUT2D eigenvalue weighted by Crippen LogP contribution is -2.31. The van der Waals surface area contributed by atoms with Crippen molar-refractivity contribution in [3.8, 4) is 22.1 Å². The smallest absolute Gasteiger partial charge is 0.189 e. The molecule has 0 fully saturated rings. The summed E-state index contributed by atoms with van der Waals surface area (Å²) in [4.78, 5) is 10.2. The predicted molar refractivity (Wildman–Crippen MR) is 114 cm³/mol. The summed E-state index contributed by atoms with van der Waals surface area (Å²) >= 11 is 1.66. The number of hydrogen-bond donors (Lipinski definition) is 2. The standard InChI is InChI=1S/C21H24N4O2S/c1-14-19(28-20(25-14)16-7-5-4-6-8-16)13-24-21(22)23-12-15-9-10-17(26-2)18(11-15)27-3/h4-11H,12-13H2,1-3H3,(H3,22,23,24). The molecule has 0 saturated heterocycles. The average molecular weight is 397 g/mol. The summed E-state index contributed by atoms with van der Waals surface area (Å²) in [6.45, 7) is 3.06. The molecule has 2 aromatic carbocycles. The molecule has 7 heteroatoms. The number of hydrogen-bond acceptors (Lipinski definition) is 5. The first kappa shape index (κ1) is 19.7. The zero-order valence-corrected chi connectivity index (χ0v) is 17.0. The largest absolute Gasteiger partial charge is 0.493 e. The molecule has 0 aliphatic rings. The fourth-order valence-electron chi connectivity index (χ4n) is 2.68. The van der Waals surface area contributed by atoms with Crippen LogP contribution in [0.2, 0.25) is 0 Å². The summed E-state index contributed by atoms with van der Waals surface area (Å²) in [5.41, 5.74) is 9.15. The summed E-state index contributed by atoms with van der Waals surface area (Å²) in [6.07, 6.45) is 0. The summed E-state index contributed by atoms with van der Waals surface area (Å²) in [5, 5.41) is 4.18. The number of benzene rings is 2. The SMILES string of the molecule is COc1ccc(CN=C(N)NCc2sc(-c3ccccc3)nc2C)cc1OC. The molecule has 0 bridgehead atoms. The van der Waals surface area contributed by atoms with Crippen molar-refractivity contribution in [3.63, 3.8) is 0 Å². The number of nitrogens with two attached hydrogens (primary N) is 1. The van der Waals surface area contributed by atoms with Crippen molar-refractivity contribution < 1.29 is 9.47 Å². The van der Waals surface area contributed by atoms with Gasteiger partial charge in [-0.2, -0.15) is 0 Å². The van der Waals surface area contributed by atoms with E-state index in [0.717, 1.165) is 26.7 Å². The number of aliphatic imine (C=N–C) groups is 1. The number of guanidine groups is 1. The van der Waals surface area contributed by atoms with E-state index in [-0.39, 0.29) is 0 Å². The maximum absolute atomic E-state index is 6.03. The third-order valence-corrected chi connectivity index (χ3v) is 5.43. The fraction of sp³-hybridized carbons (Fsp3) is 0.238. The van der Waals surface area contributed by atoms with Crippen molar-refractivity contribution in [1.29, 1.82) is 0 Å². The van der Waals surface area contributed by atoms with Crippen LogP contribution in [-0.2, 0) is 13.1 Å². The molecule has 0 radical (unpaired) electrons. The van der Waals surface area contributed by atoms with E-state index in [2.05, 4.69) is 27.4 Å². The normalized spacial score (nSPS) is 11.3. The zero-order valence-electron chi connectivity index (χ0n) is 16.2. The van der Waals surface area contributed by atoms with E-state index in [1.165, 1.54) is 0 Å². The van der Waals surface area contributed by atoms with Crippen LogP contribution in [0.1, 0.15) is 16.1 Å². The zero-order chi connectivity index (χ0) is 19.9. The van der Waals surface area contributed by atoms with Crippen LogP contribution in [0.3, 0.4) is 0 Å². The molecule has 28 heavy (non-hydrogen) atoms. The van der Waals surface area contributed by atoms with E-state index in [4.69, 9.17) is 15.2 Å². The van der Waals surface area contributed by atoms with E-state index < -0.39 is 0 Å². The maximum Gasteiger partial charge on any atom is 0.189 e. The van der Waals surface area contributed by atoms with Crippen molar-refractivity contribution in [1.82, 2.24) is 10.3 Å². The Morgan fingerprint density at radius 3 is 2.57 bits per heavy atom. The minimum atomic E-state index is 0.392. The second kappa shape index (κ2) is 9.23. The molecule has 1 heterocycles. The molecule has 1 aromatic heterocycles. The minimum absolute atomic E-state index is 0.392. The second-order valence-electron chi connectivity index (χ2n) is 6.14. The van der Waals surface area contributed by atoms with Crippen LogP contribution in [0.25, 0.3) is 10.6 Å². The van der Waals surface area contributed by atoms with Gasteiger partial charge in [-0.25, -0.2) is 9.98 Å².